The molecule has 0 fully saturated rings. The molecule has 1 N–H and O–H groups in total. The average Bonchev–Trinajstić information content (AvgIpc) is 2.63. The average molecular weight is 365 g/mol. The van der Waals surface area contributed by atoms with Crippen molar-refractivity contribution < 1.29 is 23.8 Å². The van der Waals surface area contributed by atoms with Crippen molar-refractivity contribution >= 4 is 17.6 Å². The molecule has 1 aromatic rings. The SMILES string of the molecule is CCCC[C@](C)(OC)C(=O)Nc1ccc(OCC(C)C)c(C(=O)OC)c1. The Morgan fingerprint density at radius 1 is 1.23 bits per heavy atom. The van der Waals surface area contributed by atoms with E-state index in [4.69, 9.17) is 14.2 Å². The standard InChI is InChI=1S/C20H31NO5/c1-7-8-11-20(4,25-6)19(23)21-15-9-10-17(26-13-14(2)3)16(12-15)18(22)24-5/h9-10,12,14H,7-8,11,13H2,1-6H3,(H,21,23)/t20-/m0/s1. The molecule has 0 spiro atoms. The maximum absolute atomic E-state index is 12.6. The number of esters is 1. The van der Waals surface area contributed by atoms with Gasteiger partial charge in [0.05, 0.1) is 13.7 Å². The summed E-state index contributed by atoms with van der Waals surface area (Å²) in [4.78, 5) is 24.7. The van der Waals surface area contributed by atoms with E-state index in [1.165, 1.54) is 14.2 Å². The maximum atomic E-state index is 12.6. The molecule has 0 aliphatic carbocycles. The third-order valence-electron chi connectivity index (χ3n) is 4.15. The molecule has 0 unspecified atom stereocenters. The fourth-order valence-corrected chi connectivity index (χ4v) is 2.35. The normalized spacial score (nSPS) is 13.2. The van der Waals surface area contributed by atoms with Crippen molar-refractivity contribution in [1.29, 1.82) is 0 Å². The molecule has 0 aliphatic heterocycles. The van der Waals surface area contributed by atoms with E-state index in [1.54, 1.807) is 25.1 Å². The van der Waals surface area contributed by atoms with Crippen molar-refractivity contribution in [2.75, 3.05) is 26.1 Å². The zero-order valence-electron chi connectivity index (χ0n) is 16.7. The van der Waals surface area contributed by atoms with Gasteiger partial charge in [-0.25, -0.2) is 4.79 Å². The lowest BCUT2D eigenvalue weighted by molar-refractivity contribution is -0.136. The van der Waals surface area contributed by atoms with E-state index in [1.807, 2.05) is 13.8 Å². The highest BCUT2D eigenvalue weighted by Gasteiger charge is 2.32. The summed E-state index contributed by atoms with van der Waals surface area (Å²) in [5.74, 6) is -0.00894. The second-order valence-electron chi connectivity index (χ2n) is 6.90. The Labute approximate surface area is 156 Å². The number of rotatable bonds is 10. The number of hydrogen-bond donors (Lipinski definition) is 1. The minimum Gasteiger partial charge on any atom is -0.492 e. The van der Waals surface area contributed by atoms with E-state index in [0.29, 0.717) is 30.4 Å². The van der Waals surface area contributed by atoms with E-state index < -0.39 is 11.6 Å². The first-order chi connectivity index (χ1) is 12.3. The Kier molecular flexibility index (Phi) is 8.58. The zero-order valence-corrected chi connectivity index (χ0v) is 16.7. The molecule has 0 heterocycles. The Morgan fingerprint density at radius 3 is 2.46 bits per heavy atom. The van der Waals surface area contributed by atoms with Gasteiger partial charge in [-0.1, -0.05) is 33.6 Å². The fourth-order valence-electron chi connectivity index (χ4n) is 2.35. The highest BCUT2D eigenvalue weighted by molar-refractivity contribution is 5.99. The van der Waals surface area contributed by atoms with E-state index in [9.17, 15) is 9.59 Å². The van der Waals surface area contributed by atoms with Crippen LogP contribution in [0.5, 0.6) is 5.75 Å². The van der Waals surface area contributed by atoms with Gasteiger partial charge < -0.3 is 19.5 Å². The number of amides is 1. The van der Waals surface area contributed by atoms with Crippen LogP contribution in [-0.4, -0.2) is 38.3 Å². The van der Waals surface area contributed by atoms with Crippen molar-refractivity contribution in [2.24, 2.45) is 5.92 Å². The summed E-state index contributed by atoms with van der Waals surface area (Å²) < 4.78 is 15.9. The van der Waals surface area contributed by atoms with Gasteiger partial charge in [-0.15, -0.1) is 0 Å². The van der Waals surface area contributed by atoms with E-state index in [2.05, 4.69) is 12.2 Å². The second kappa shape index (κ2) is 10.2. The summed E-state index contributed by atoms with van der Waals surface area (Å²) >= 11 is 0. The Morgan fingerprint density at radius 2 is 1.92 bits per heavy atom. The molecular weight excluding hydrogens is 334 g/mol. The van der Waals surface area contributed by atoms with Gasteiger partial charge in [0.2, 0.25) is 0 Å². The quantitative estimate of drug-likeness (QED) is 0.633. The predicted octanol–water partition coefficient (Wildman–Crippen LogP) is 4.04. The van der Waals surface area contributed by atoms with Crippen molar-refractivity contribution in [1.82, 2.24) is 0 Å². The largest absolute Gasteiger partial charge is 0.492 e. The molecule has 0 radical (unpaired) electrons. The Hall–Kier alpha value is -2.08. The van der Waals surface area contributed by atoms with Crippen molar-refractivity contribution in [2.45, 2.75) is 52.6 Å². The lowest BCUT2D eigenvalue weighted by atomic mass is 9.97. The molecule has 1 atom stereocenters. The van der Waals surface area contributed by atoms with Crippen molar-refractivity contribution in [3.8, 4) is 5.75 Å². The summed E-state index contributed by atoms with van der Waals surface area (Å²) in [6.45, 7) is 8.35. The number of nitrogens with one attached hydrogen (secondary N) is 1. The van der Waals surface area contributed by atoms with Gasteiger partial charge in [-0.2, -0.15) is 0 Å². The van der Waals surface area contributed by atoms with E-state index in [-0.39, 0.29) is 11.5 Å². The Bertz CT molecular complexity index is 614. The maximum Gasteiger partial charge on any atom is 0.341 e. The first kappa shape index (κ1) is 22.0. The minimum atomic E-state index is -0.922. The summed E-state index contributed by atoms with van der Waals surface area (Å²) in [6.07, 6.45) is 2.47. The van der Waals surface area contributed by atoms with Crippen LogP contribution < -0.4 is 10.1 Å². The number of carbonyl (C=O) groups excluding carboxylic acids is 2. The molecule has 146 valence electrons. The van der Waals surface area contributed by atoms with Crippen molar-refractivity contribution in [3.05, 3.63) is 23.8 Å². The number of anilines is 1. The Balaban J connectivity index is 3.02. The smallest absolute Gasteiger partial charge is 0.341 e. The third-order valence-corrected chi connectivity index (χ3v) is 4.15. The summed E-state index contributed by atoms with van der Waals surface area (Å²) in [5, 5.41) is 2.83. The first-order valence-electron chi connectivity index (χ1n) is 8.99. The lowest BCUT2D eigenvalue weighted by Gasteiger charge is -2.27. The number of benzene rings is 1. The van der Waals surface area contributed by atoms with Gasteiger partial charge in [0.1, 0.15) is 16.9 Å². The summed E-state index contributed by atoms with van der Waals surface area (Å²) in [5.41, 5.74) is -0.153. The van der Waals surface area contributed by atoms with E-state index >= 15 is 0 Å². The minimum absolute atomic E-state index is 0.250. The topological polar surface area (TPSA) is 73.9 Å². The van der Waals surface area contributed by atoms with Gasteiger partial charge in [0.15, 0.2) is 0 Å². The molecule has 1 rings (SSSR count). The van der Waals surface area contributed by atoms with Gasteiger partial charge in [-0.3, -0.25) is 4.79 Å². The van der Waals surface area contributed by atoms with Crippen LogP contribution in [0.15, 0.2) is 18.2 Å². The first-order valence-corrected chi connectivity index (χ1v) is 8.99. The van der Waals surface area contributed by atoms with Gasteiger partial charge in [0, 0.05) is 12.8 Å². The molecular formula is C20H31NO5. The van der Waals surface area contributed by atoms with Gasteiger partial charge in [0.25, 0.3) is 5.91 Å². The molecule has 0 aromatic heterocycles. The van der Waals surface area contributed by atoms with Gasteiger partial charge >= 0.3 is 5.97 Å². The van der Waals surface area contributed by atoms with Crippen LogP contribution in [0.4, 0.5) is 5.69 Å². The highest BCUT2D eigenvalue weighted by atomic mass is 16.5. The van der Waals surface area contributed by atoms with Crippen molar-refractivity contribution in [3.63, 3.8) is 0 Å². The van der Waals surface area contributed by atoms with Gasteiger partial charge in [-0.05, 0) is 37.5 Å². The molecule has 26 heavy (non-hydrogen) atoms. The number of ether oxygens (including phenoxy) is 3. The van der Waals surface area contributed by atoms with Crippen LogP contribution in [-0.2, 0) is 14.3 Å². The lowest BCUT2D eigenvalue weighted by Crippen LogP contribution is -2.41. The van der Waals surface area contributed by atoms with Crippen LogP contribution >= 0.6 is 0 Å². The number of hydrogen-bond acceptors (Lipinski definition) is 5. The van der Waals surface area contributed by atoms with Crippen LogP contribution in [0.2, 0.25) is 0 Å². The molecule has 6 heteroatoms. The molecule has 6 nitrogen and oxygen atoms in total. The molecule has 0 saturated heterocycles. The number of carbonyl (C=O) groups is 2. The van der Waals surface area contributed by atoms with Crippen LogP contribution in [0, 0.1) is 5.92 Å². The van der Waals surface area contributed by atoms with Crippen LogP contribution in [0.25, 0.3) is 0 Å². The molecule has 1 aromatic carbocycles. The monoisotopic (exact) mass is 365 g/mol. The third kappa shape index (κ3) is 6.02. The number of methoxy groups -OCH3 is 2. The molecule has 0 aliphatic rings. The summed E-state index contributed by atoms with van der Waals surface area (Å²) in [7, 11) is 2.84. The number of unbranched alkanes of at least 4 members (excludes halogenated alkanes) is 1. The predicted molar refractivity (Wildman–Crippen MR) is 102 cm³/mol. The molecule has 0 saturated carbocycles. The summed E-state index contributed by atoms with van der Waals surface area (Å²) in [6, 6.07) is 4.94. The van der Waals surface area contributed by atoms with Crippen LogP contribution in [0.3, 0.4) is 0 Å². The zero-order chi connectivity index (χ0) is 19.7. The molecule has 0 bridgehead atoms. The van der Waals surface area contributed by atoms with E-state index in [0.717, 1.165) is 12.8 Å². The van der Waals surface area contributed by atoms with Crippen LogP contribution in [0.1, 0.15) is 57.3 Å². The highest BCUT2D eigenvalue weighted by Crippen LogP contribution is 2.26. The second-order valence-corrected chi connectivity index (χ2v) is 6.90. The fraction of sp³-hybridized carbons (Fsp3) is 0.600. The molecule has 1 amide bonds.